The summed E-state index contributed by atoms with van der Waals surface area (Å²) < 4.78 is 0. The summed E-state index contributed by atoms with van der Waals surface area (Å²) in [7, 11) is 0. The van der Waals surface area contributed by atoms with Crippen molar-refractivity contribution < 1.29 is 4.79 Å². The van der Waals surface area contributed by atoms with Gasteiger partial charge in [0.2, 0.25) is 5.91 Å². The first-order valence-electron chi connectivity index (χ1n) is 7.24. The molecule has 0 saturated heterocycles. The Balaban J connectivity index is 1.60. The average Bonchev–Trinajstić information content (AvgIpc) is 3.07. The quantitative estimate of drug-likeness (QED) is 0.747. The van der Waals surface area contributed by atoms with Gasteiger partial charge in [-0.2, -0.15) is 0 Å². The van der Waals surface area contributed by atoms with Gasteiger partial charge in [0, 0.05) is 11.6 Å². The molecule has 0 aliphatic heterocycles. The predicted octanol–water partition coefficient (Wildman–Crippen LogP) is 3.85. The van der Waals surface area contributed by atoms with Crippen LogP contribution in [0, 0.1) is 11.8 Å². The first-order chi connectivity index (χ1) is 9.72. The molecule has 2 atom stereocenters. The summed E-state index contributed by atoms with van der Waals surface area (Å²) in [5.41, 5.74) is 6.25. The molecule has 0 spiro atoms. The van der Waals surface area contributed by atoms with E-state index in [9.17, 15) is 4.79 Å². The van der Waals surface area contributed by atoms with E-state index in [1.54, 1.807) is 0 Å². The van der Waals surface area contributed by atoms with Crippen LogP contribution in [-0.2, 0) is 11.2 Å². The molecule has 0 radical (unpaired) electrons. The van der Waals surface area contributed by atoms with Crippen LogP contribution < -0.4 is 5.32 Å². The summed E-state index contributed by atoms with van der Waals surface area (Å²) in [5.74, 6) is 0.946. The van der Waals surface area contributed by atoms with E-state index in [1.807, 2.05) is 6.07 Å². The van der Waals surface area contributed by atoms with Crippen LogP contribution in [0.3, 0.4) is 0 Å². The normalized spacial score (nSPS) is 22.1. The molecule has 2 aliphatic rings. The standard InChI is InChI=1S/C18H17NO/c1-11-8-17(11)18(20)19-14-6-7-16-13(10-14)9-12-4-2-3-5-15(12)16/h2-7,10-11,17H,8-9H2,1H3,(H,19,20)/t11-,17-/m0/s1. The molecule has 100 valence electrons. The Morgan fingerprint density at radius 2 is 1.85 bits per heavy atom. The molecular formula is C18H17NO. The predicted molar refractivity (Wildman–Crippen MR) is 80.6 cm³/mol. The van der Waals surface area contributed by atoms with E-state index in [-0.39, 0.29) is 11.8 Å². The van der Waals surface area contributed by atoms with Crippen LogP contribution in [0.4, 0.5) is 5.69 Å². The lowest BCUT2D eigenvalue weighted by atomic mass is 10.1. The summed E-state index contributed by atoms with van der Waals surface area (Å²) in [6.07, 6.45) is 2.00. The molecule has 1 fully saturated rings. The van der Waals surface area contributed by atoms with Gasteiger partial charge in [-0.1, -0.05) is 37.3 Å². The van der Waals surface area contributed by atoms with Gasteiger partial charge in [-0.15, -0.1) is 0 Å². The van der Waals surface area contributed by atoms with E-state index in [0.29, 0.717) is 5.92 Å². The van der Waals surface area contributed by atoms with Crippen LogP contribution >= 0.6 is 0 Å². The highest BCUT2D eigenvalue weighted by atomic mass is 16.2. The maximum atomic E-state index is 12.0. The zero-order valence-corrected chi connectivity index (χ0v) is 11.5. The van der Waals surface area contributed by atoms with Gasteiger partial charge < -0.3 is 5.32 Å². The number of fused-ring (bicyclic) bond motifs is 3. The van der Waals surface area contributed by atoms with Crippen molar-refractivity contribution in [1.82, 2.24) is 0 Å². The first kappa shape index (κ1) is 11.7. The zero-order valence-electron chi connectivity index (χ0n) is 11.5. The smallest absolute Gasteiger partial charge is 0.227 e. The third kappa shape index (κ3) is 1.83. The molecule has 2 nitrogen and oxygen atoms in total. The van der Waals surface area contributed by atoms with Crippen molar-refractivity contribution in [2.75, 3.05) is 5.32 Å². The number of anilines is 1. The minimum atomic E-state index is 0.174. The van der Waals surface area contributed by atoms with Crippen LogP contribution in [0.1, 0.15) is 24.5 Å². The molecule has 1 amide bonds. The summed E-state index contributed by atoms with van der Waals surface area (Å²) in [5, 5.41) is 3.05. The van der Waals surface area contributed by atoms with Gasteiger partial charge in [0.15, 0.2) is 0 Å². The Kier molecular flexibility index (Phi) is 2.46. The third-order valence-corrected chi connectivity index (χ3v) is 4.51. The van der Waals surface area contributed by atoms with Crippen LogP contribution in [0.2, 0.25) is 0 Å². The van der Waals surface area contributed by atoms with Crippen molar-refractivity contribution >= 4 is 11.6 Å². The second kappa shape index (κ2) is 4.20. The molecular weight excluding hydrogens is 246 g/mol. The van der Waals surface area contributed by atoms with Crippen LogP contribution in [-0.4, -0.2) is 5.91 Å². The number of hydrogen-bond acceptors (Lipinski definition) is 1. The average molecular weight is 263 g/mol. The van der Waals surface area contributed by atoms with Gasteiger partial charge in [0.25, 0.3) is 0 Å². The maximum Gasteiger partial charge on any atom is 0.227 e. The van der Waals surface area contributed by atoms with E-state index >= 15 is 0 Å². The highest BCUT2D eigenvalue weighted by Gasteiger charge is 2.39. The molecule has 0 bridgehead atoms. The summed E-state index contributed by atoms with van der Waals surface area (Å²) in [6.45, 7) is 2.13. The summed E-state index contributed by atoms with van der Waals surface area (Å²) in [6, 6.07) is 14.8. The summed E-state index contributed by atoms with van der Waals surface area (Å²) >= 11 is 0. The molecule has 0 aromatic heterocycles. The number of rotatable bonds is 2. The van der Waals surface area contributed by atoms with Crippen molar-refractivity contribution in [3.8, 4) is 11.1 Å². The SMILES string of the molecule is C[C@H]1C[C@@H]1C(=O)Nc1ccc2c(c1)Cc1ccccc1-2. The van der Waals surface area contributed by atoms with Crippen LogP contribution in [0.25, 0.3) is 11.1 Å². The summed E-state index contributed by atoms with van der Waals surface area (Å²) in [4.78, 5) is 12.0. The molecule has 20 heavy (non-hydrogen) atoms. The Bertz CT molecular complexity index is 704. The highest BCUT2D eigenvalue weighted by Crippen LogP contribution is 2.40. The van der Waals surface area contributed by atoms with Crippen molar-refractivity contribution in [3.63, 3.8) is 0 Å². The molecule has 2 aromatic rings. The molecule has 0 heterocycles. The molecule has 4 rings (SSSR count). The number of nitrogens with one attached hydrogen (secondary N) is 1. The van der Waals surface area contributed by atoms with Crippen molar-refractivity contribution in [3.05, 3.63) is 53.6 Å². The fraction of sp³-hybridized carbons (Fsp3) is 0.278. The van der Waals surface area contributed by atoms with Gasteiger partial charge in [0.05, 0.1) is 0 Å². The Hall–Kier alpha value is -2.09. The third-order valence-electron chi connectivity index (χ3n) is 4.51. The second-order valence-electron chi connectivity index (χ2n) is 6.01. The van der Waals surface area contributed by atoms with Crippen molar-refractivity contribution in [2.45, 2.75) is 19.8 Å². The molecule has 2 aliphatic carbocycles. The zero-order chi connectivity index (χ0) is 13.7. The molecule has 2 aromatic carbocycles. The lowest BCUT2D eigenvalue weighted by Crippen LogP contribution is -2.14. The molecule has 1 saturated carbocycles. The van der Waals surface area contributed by atoms with E-state index in [2.05, 4.69) is 48.6 Å². The largest absolute Gasteiger partial charge is 0.326 e. The van der Waals surface area contributed by atoms with E-state index in [4.69, 9.17) is 0 Å². The number of benzene rings is 2. The van der Waals surface area contributed by atoms with Gasteiger partial charge in [-0.3, -0.25) is 4.79 Å². The highest BCUT2D eigenvalue weighted by molar-refractivity contribution is 5.95. The van der Waals surface area contributed by atoms with Crippen LogP contribution in [0.5, 0.6) is 0 Å². The Labute approximate surface area is 118 Å². The fourth-order valence-corrected chi connectivity index (χ4v) is 3.15. The monoisotopic (exact) mass is 263 g/mol. The minimum absolute atomic E-state index is 0.174. The number of hydrogen-bond donors (Lipinski definition) is 1. The number of carbonyl (C=O) groups excluding carboxylic acids is 1. The van der Waals surface area contributed by atoms with E-state index < -0.39 is 0 Å². The fourth-order valence-electron chi connectivity index (χ4n) is 3.15. The first-order valence-corrected chi connectivity index (χ1v) is 7.24. The van der Waals surface area contributed by atoms with Gasteiger partial charge in [-0.25, -0.2) is 0 Å². The van der Waals surface area contributed by atoms with Gasteiger partial charge in [-0.05, 0) is 53.1 Å². The van der Waals surface area contributed by atoms with E-state index in [0.717, 1.165) is 18.5 Å². The molecule has 2 heteroatoms. The topological polar surface area (TPSA) is 29.1 Å². The maximum absolute atomic E-state index is 12.0. The second-order valence-corrected chi connectivity index (χ2v) is 6.01. The van der Waals surface area contributed by atoms with Crippen LogP contribution in [0.15, 0.2) is 42.5 Å². The number of amides is 1. The molecule has 0 unspecified atom stereocenters. The lowest BCUT2D eigenvalue weighted by molar-refractivity contribution is -0.117. The lowest BCUT2D eigenvalue weighted by Gasteiger charge is -2.07. The number of carbonyl (C=O) groups is 1. The van der Waals surface area contributed by atoms with Crippen molar-refractivity contribution in [2.24, 2.45) is 11.8 Å². The molecule has 1 N–H and O–H groups in total. The Morgan fingerprint density at radius 3 is 2.65 bits per heavy atom. The van der Waals surface area contributed by atoms with Crippen molar-refractivity contribution in [1.29, 1.82) is 0 Å². The Morgan fingerprint density at radius 1 is 1.10 bits per heavy atom. The minimum Gasteiger partial charge on any atom is -0.326 e. The van der Waals surface area contributed by atoms with Gasteiger partial charge in [0.1, 0.15) is 0 Å². The van der Waals surface area contributed by atoms with Gasteiger partial charge >= 0.3 is 0 Å². The van der Waals surface area contributed by atoms with E-state index in [1.165, 1.54) is 22.3 Å².